The van der Waals surface area contributed by atoms with E-state index in [2.05, 4.69) is 5.32 Å². The van der Waals surface area contributed by atoms with Gasteiger partial charge in [0.1, 0.15) is 12.2 Å². The summed E-state index contributed by atoms with van der Waals surface area (Å²) in [6.07, 6.45) is 1.51. The zero-order valence-electron chi connectivity index (χ0n) is 17.0. The summed E-state index contributed by atoms with van der Waals surface area (Å²) in [5.41, 5.74) is 4.28. The number of urea groups is 1. The number of amides is 3. The van der Waals surface area contributed by atoms with Crippen molar-refractivity contribution in [3.05, 3.63) is 58.0 Å². The van der Waals surface area contributed by atoms with Gasteiger partial charge in [-0.05, 0) is 56.2 Å². The molecule has 1 aromatic heterocycles. The molecule has 2 N–H and O–H groups in total. The highest BCUT2D eigenvalue weighted by Crippen LogP contribution is 2.27. The molecule has 0 atom stereocenters. The molecule has 3 amide bonds. The summed E-state index contributed by atoms with van der Waals surface area (Å²) in [5, 5.41) is 11.3. The number of imide groups is 1. The van der Waals surface area contributed by atoms with Crippen molar-refractivity contribution < 1.29 is 29.0 Å². The lowest BCUT2D eigenvalue weighted by Gasteiger charge is -2.15. The van der Waals surface area contributed by atoms with E-state index in [-0.39, 0.29) is 5.70 Å². The molecule has 0 spiro atoms. The van der Waals surface area contributed by atoms with Crippen LogP contribution in [0.15, 0.2) is 30.0 Å². The van der Waals surface area contributed by atoms with Crippen molar-refractivity contribution in [3.63, 3.8) is 0 Å². The predicted octanol–water partition coefficient (Wildman–Crippen LogP) is 2.17. The van der Waals surface area contributed by atoms with E-state index in [0.29, 0.717) is 16.0 Å². The number of nitrogens with zero attached hydrogens (tertiary/aromatic N) is 2. The van der Waals surface area contributed by atoms with Crippen molar-refractivity contribution in [2.24, 2.45) is 0 Å². The third-order valence-electron chi connectivity index (χ3n) is 4.98. The van der Waals surface area contributed by atoms with Gasteiger partial charge in [-0.25, -0.2) is 14.5 Å². The molecule has 156 valence electrons. The Balaban J connectivity index is 2.03. The van der Waals surface area contributed by atoms with Gasteiger partial charge in [0, 0.05) is 17.1 Å². The first-order valence-corrected chi connectivity index (χ1v) is 9.09. The Kier molecular flexibility index (Phi) is 5.46. The van der Waals surface area contributed by atoms with Gasteiger partial charge < -0.3 is 19.7 Å². The number of carbonyl (C=O) groups is 4. The van der Waals surface area contributed by atoms with Gasteiger partial charge in [0.25, 0.3) is 5.91 Å². The van der Waals surface area contributed by atoms with E-state index in [1.165, 1.54) is 13.2 Å². The van der Waals surface area contributed by atoms with Crippen molar-refractivity contribution in [1.29, 1.82) is 0 Å². The molecule has 1 aromatic carbocycles. The number of carboxylic acid groups (broad SMARTS) is 1. The van der Waals surface area contributed by atoms with Gasteiger partial charge in [-0.2, -0.15) is 0 Å². The Morgan fingerprint density at radius 1 is 1.20 bits per heavy atom. The molecule has 0 bridgehead atoms. The SMILES string of the molecule is COC(=O)c1cccc(-n2c(C)cc(/C=C3/NC(=O)N(CC(=O)O)C3=O)c2C)c1C. The van der Waals surface area contributed by atoms with Crippen LogP contribution in [0.1, 0.15) is 32.9 Å². The topological polar surface area (TPSA) is 118 Å². The summed E-state index contributed by atoms with van der Waals surface area (Å²) < 4.78 is 6.77. The maximum atomic E-state index is 12.4. The van der Waals surface area contributed by atoms with E-state index >= 15 is 0 Å². The van der Waals surface area contributed by atoms with Gasteiger partial charge in [-0.1, -0.05) is 6.07 Å². The number of methoxy groups -OCH3 is 1. The number of esters is 1. The molecule has 0 saturated carbocycles. The summed E-state index contributed by atoms with van der Waals surface area (Å²) in [4.78, 5) is 47.8. The summed E-state index contributed by atoms with van der Waals surface area (Å²) in [6.45, 7) is 4.84. The second-order valence-electron chi connectivity index (χ2n) is 6.88. The number of aromatic nitrogens is 1. The van der Waals surface area contributed by atoms with E-state index < -0.39 is 30.4 Å². The summed E-state index contributed by atoms with van der Waals surface area (Å²) in [7, 11) is 1.32. The number of carboxylic acids is 1. The highest BCUT2D eigenvalue weighted by molar-refractivity contribution is 6.15. The van der Waals surface area contributed by atoms with Crippen LogP contribution < -0.4 is 5.32 Å². The normalized spacial score (nSPS) is 14.9. The number of nitrogens with one attached hydrogen (secondary N) is 1. The fourth-order valence-electron chi connectivity index (χ4n) is 3.51. The zero-order valence-corrected chi connectivity index (χ0v) is 17.0. The summed E-state index contributed by atoms with van der Waals surface area (Å²) >= 11 is 0. The Morgan fingerprint density at radius 3 is 2.53 bits per heavy atom. The molecule has 1 saturated heterocycles. The van der Waals surface area contributed by atoms with Crippen LogP contribution in [-0.4, -0.2) is 52.1 Å². The van der Waals surface area contributed by atoms with Crippen LogP contribution in [0.25, 0.3) is 11.8 Å². The van der Waals surface area contributed by atoms with Crippen LogP contribution in [0.3, 0.4) is 0 Å². The fraction of sp³-hybridized carbons (Fsp3) is 0.238. The number of rotatable bonds is 5. The number of hydrogen-bond acceptors (Lipinski definition) is 5. The van der Waals surface area contributed by atoms with Gasteiger partial charge in [0.2, 0.25) is 0 Å². The number of ether oxygens (including phenoxy) is 1. The van der Waals surface area contributed by atoms with Crippen molar-refractivity contribution in [3.8, 4) is 5.69 Å². The molecular weight excluding hydrogens is 390 g/mol. The Morgan fingerprint density at radius 2 is 1.90 bits per heavy atom. The van der Waals surface area contributed by atoms with E-state index in [4.69, 9.17) is 9.84 Å². The molecule has 9 nitrogen and oxygen atoms in total. The van der Waals surface area contributed by atoms with Crippen LogP contribution >= 0.6 is 0 Å². The minimum atomic E-state index is -1.28. The first-order chi connectivity index (χ1) is 14.1. The Labute approximate surface area is 172 Å². The number of carbonyl (C=O) groups excluding carboxylic acids is 3. The molecule has 0 radical (unpaired) electrons. The largest absolute Gasteiger partial charge is 0.480 e. The average Bonchev–Trinajstić information content (AvgIpc) is 3.11. The first-order valence-electron chi connectivity index (χ1n) is 9.09. The van der Waals surface area contributed by atoms with Crippen molar-refractivity contribution in [2.45, 2.75) is 20.8 Å². The number of hydrogen-bond donors (Lipinski definition) is 2. The van der Waals surface area contributed by atoms with E-state index in [1.807, 2.05) is 37.5 Å². The van der Waals surface area contributed by atoms with Crippen LogP contribution in [0, 0.1) is 20.8 Å². The maximum Gasteiger partial charge on any atom is 0.338 e. The van der Waals surface area contributed by atoms with Gasteiger partial charge in [0.15, 0.2) is 0 Å². The highest BCUT2D eigenvalue weighted by Gasteiger charge is 2.35. The average molecular weight is 411 g/mol. The molecule has 3 rings (SSSR count). The lowest BCUT2D eigenvalue weighted by molar-refractivity contribution is -0.140. The standard InChI is InChI=1S/C21H21N3O6/c1-11-8-14(9-16-19(27)23(10-18(25)26)21(29)22-16)13(3)24(11)17-7-5-6-15(12(17)2)20(28)30-4/h5-9H,10H2,1-4H3,(H,22,29)(H,25,26)/b16-9+. The predicted molar refractivity (Wildman–Crippen MR) is 107 cm³/mol. The quantitative estimate of drug-likeness (QED) is 0.442. The zero-order chi connectivity index (χ0) is 22.2. The van der Waals surface area contributed by atoms with Crippen LogP contribution in [0.2, 0.25) is 0 Å². The van der Waals surface area contributed by atoms with Gasteiger partial charge in [0.05, 0.1) is 12.7 Å². The van der Waals surface area contributed by atoms with Crippen LogP contribution in [0.5, 0.6) is 0 Å². The molecule has 0 aliphatic carbocycles. The van der Waals surface area contributed by atoms with E-state index in [9.17, 15) is 19.2 Å². The van der Waals surface area contributed by atoms with Gasteiger partial charge >= 0.3 is 18.0 Å². The first kappa shape index (κ1) is 20.8. The maximum absolute atomic E-state index is 12.4. The molecule has 1 aliphatic heterocycles. The number of aryl methyl sites for hydroxylation is 1. The smallest absolute Gasteiger partial charge is 0.338 e. The van der Waals surface area contributed by atoms with Crippen molar-refractivity contribution >= 4 is 30.0 Å². The lowest BCUT2D eigenvalue weighted by atomic mass is 10.1. The van der Waals surface area contributed by atoms with Gasteiger partial charge in [-0.3, -0.25) is 9.59 Å². The molecule has 1 fully saturated rings. The summed E-state index contributed by atoms with van der Waals surface area (Å²) in [6, 6.07) is 6.38. The highest BCUT2D eigenvalue weighted by atomic mass is 16.5. The second kappa shape index (κ2) is 7.86. The third kappa shape index (κ3) is 3.57. The van der Waals surface area contributed by atoms with Crippen LogP contribution in [0.4, 0.5) is 4.79 Å². The van der Waals surface area contributed by atoms with Gasteiger partial charge in [-0.15, -0.1) is 0 Å². The fourth-order valence-corrected chi connectivity index (χ4v) is 3.51. The van der Waals surface area contributed by atoms with E-state index in [1.54, 1.807) is 12.1 Å². The van der Waals surface area contributed by atoms with Crippen LogP contribution in [-0.2, 0) is 14.3 Å². The minimum absolute atomic E-state index is 0.00142. The molecule has 30 heavy (non-hydrogen) atoms. The van der Waals surface area contributed by atoms with E-state index in [0.717, 1.165) is 22.6 Å². The van der Waals surface area contributed by atoms with Crippen molar-refractivity contribution in [2.75, 3.05) is 13.7 Å². The molecule has 1 aliphatic rings. The lowest BCUT2D eigenvalue weighted by Crippen LogP contribution is -2.35. The summed E-state index contributed by atoms with van der Waals surface area (Å²) in [5.74, 6) is -2.41. The monoisotopic (exact) mass is 411 g/mol. The second-order valence-corrected chi connectivity index (χ2v) is 6.88. The van der Waals surface area contributed by atoms with Crippen molar-refractivity contribution in [1.82, 2.24) is 14.8 Å². The Hall–Kier alpha value is -3.88. The molecule has 2 heterocycles. The Bertz CT molecular complexity index is 1110. The molecule has 0 unspecified atom stereocenters. The molecule has 2 aromatic rings. The minimum Gasteiger partial charge on any atom is -0.480 e. The molecule has 9 heteroatoms. The molecular formula is C21H21N3O6. The number of benzene rings is 1. The third-order valence-corrected chi connectivity index (χ3v) is 4.98. The number of aliphatic carboxylic acids is 1.